The zero-order valence-electron chi connectivity index (χ0n) is 13.4. The number of nitrogens with two attached hydrogens (primary N) is 1. The Labute approximate surface area is 159 Å². The molecule has 0 atom stereocenters. The van der Waals surface area contributed by atoms with Crippen molar-refractivity contribution < 1.29 is 4.74 Å². The van der Waals surface area contributed by atoms with Gasteiger partial charge in [-0.15, -0.1) is 24.0 Å². The number of aliphatic imine (C=N–C) groups is 1. The second-order valence-corrected chi connectivity index (χ2v) is 5.50. The van der Waals surface area contributed by atoms with Gasteiger partial charge < -0.3 is 15.8 Å². The van der Waals surface area contributed by atoms with Crippen LogP contribution in [-0.2, 0) is 6.54 Å². The molecule has 0 amide bonds. The Bertz CT molecular complexity index is 704. The maximum absolute atomic E-state index is 6.09. The Morgan fingerprint density at radius 3 is 2.52 bits per heavy atom. The molecule has 0 heterocycles. The minimum absolute atomic E-state index is 0. The van der Waals surface area contributed by atoms with Crippen LogP contribution in [0, 0.1) is 13.8 Å². The molecular weight excluding hydrogens is 425 g/mol. The van der Waals surface area contributed by atoms with E-state index in [0.717, 1.165) is 11.3 Å². The highest BCUT2D eigenvalue weighted by Crippen LogP contribution is 2.25. The third kappa shape index (κ3) is 5.58. The van der Waals surface area contributed by atoms with Crippen LogP contribution >= 0.6 is 35.6 Å². The lowest BCUT2D eigenvalue weighted by molar-refractivity contribution is 0.415. The molecule has 124 valence electrons. The van der Waals surface area contributed by atoms with E-state index in [1.165, 1.54) is 11.1 Å². The summed E-state index contributed by atoms with van der Waals surface area (Å²) in [5.74, 6) is 1.02. The van der Waals surface area contributed by atoms with Gasteiger partial charge in [0.25, 0.3) is 0 Å². The van der Waals surface area contributed by atoms with Gasteiger partial charge in [-0.2, -0.15) is 0 Å². The molecule has 0 bridgehead atoms. The van der Waals surface area contributed by atoms with Crippen molar-refractivity contribution in [1.82, 2.24) is 0 Å². The highest BCUT2D eigenvalue weighted by molar-refractivity contribution is 14.0. The number of anilines is 1. The quantitative estimate of drug-likeness (QED) is 0.413. The van der Waals surface area contributed by atoms with Gasteiger partial charge in [0.2, 0.25) is 0 Å². The number of nitrogens with one attached hydrogen (secondary N) is 1. The summed E-state index contributed by atoms with van der Waals surface area (Å²) in [6, 6.07) is 11.6. The summed E-state index contributed by atoms with van der Waals surface area (Å²) < 4.78 is 5.12. The van der Waals surface area contributed by atoms with Crippen molar-refractivity contribution >= 4 is 47.2 Å². The van der Waals surface area contributed by atoms with E-state index in [2.05, 4.69) is 24.2 Å². The average molecular weight is 446 g/mol. The Kier molecular flexibility index (Phi) is 7.64. The van der Waals surface area contributed by atoms with Crippen LogP contribution in [0.15, 0.2) is 41.4 Å². The number of nitrogens with zero attached hydrogens (tertiary/aromatic N) is 1. The summed E-state index contributed by atoms with van der Waals surface area (Å²) in [5.41, 5.74) is 10.3. The summed E-state index contributed by atoms with van der Waals surface area (Å²) in [6.07, 6.45) is 0. The summed E-state index contributed by atoms with van der Waals surface area (Å²) in [7, 11) is 1.59. The maximum Gasteiger partial charge on any atom is 0.193 e. The topological polar surface area (TPSA) is 59.6 Å². The minimum atomic E-state index is 0. The summed E-state index contributed by atoms with van der Waals surface area (Å²) in [6.45, 7) is 4.59. The Morgan fingerprint density at radius 2 is 1.91 bits per heavy atom. The van der Waals surface area contributed by atoms with Gasteiger partial charge in [-0.3, -0.25) is 0 Å². The molecule has 3 N–H and O–H groups in total. The third-order valence-electron chi connectivity index (χ3n) is 3.43. The maximum atomic E-state index is 6.09. The van der Waals surface area contributed by atoms with Gasteiger partial charge >= 0.3 is 0 Å². The van der Waals surface area contributed by atoms with Gasteiger partial charge in [0, 0.05) is 5.69 Å². The van der Waals surface area contributed by atoms with Crippen LogP contribution in [0.4, 0.5) is 5.69 Å². The third-order valence-corrected chi connectivity index (χ3v) is 3.72. The van der Waals surface area contributed by atoms with E-state index in [4.69, 9.17) is 22.1 Å². The fraction of sp³-hybridized carbons (Fsp3) is 0.235. The number of ether oxygens (including phenoxy) is 1. The molecule has 0 fully saturated rings. The fourth-order valence-electron chi connectivity index (χ4n) is 1.99. The molecule has 2 rings (SSSR count). The van der Waals surface area contributed by atoms with E-state index >= 15 is 0 Å². The fourth-order valence-corrected chi connectivity index (χ4v) is 2.27. The Balaban J connectivity index is 0.00000264. The zero-order chi connectivity index (χ0) is 16.1. The van der Waals surface area contributed by atoms with Crippen molar-refractivity contribution in [2.75, 3.05) is 12.4 Å². The summed E-state index contributed by atoms with van der Waals surface area (Å²) in [5, 5.41) is 3.65. The second kappa shape index (κ2) is 8.98. The first kappa shape index (κ1) is 19.6. The number of hydrogen-bond acceptors (Lipinski definition) is 2. The number of guanidine groups is 1. The molecule has 0 aliphatic heterocycles. The lowest BCUT2D eigenvalue weighted by Gasteiger charge is -2.08. The molecule has 0 aromatic heterocycles. The Morgan fingerprint density at radius 1 is 1.17 bits per heavy atom. The molecule has 2 aromatic carbocycles. The first-order valence-electron chi connectivity index (χ1n) is 6.96. The van der Waals surface area contributed by atoms with Gasteiger partial charge in [-0.05, 0) is 54.8 Å². The van der Waals surface area contributed by atoms with E-state index in [1.807, 2.05) is 36.4 Å². The predicted octanol–water partition coefficient (Wildman–Crippen LogP) is 4.51. The van der Waals surface area contributed by atoms with Gasteiger partial charge in [-0.25, -0.2) is 4.99 Å². The molecule has 0 aliphatic carbocycles. The first-order chi connectivity index (χ1) is 10.5. The van der Waals surface area contributed by atoms with Crippen molar-refractivity contribution in [3.05, 3.63) is 58.1 Å². The number of aryl methyl sites for hydroxylation is 2. The van der Waals surface area contributed by atoms with Crippen LogP contribution in [0.2, 0.25) is 5.02 Å². The highest BCUT2D eigenvalue weighted by atomic mass is 127. The van der Waals surface area contributed by atoms with Gasteiger partial charge in [-0.1, -0.05) is 23.7 Å². The summed E-state index contributed by atoms with van der Waals surface area (Å²) >= 11 is 6.09. The van der Waals surface area contributed by atoms with Crippen LogP contribution in [0.5, 0.6) is 5.75 Å². The van der Waals surface area contributed by atoms with Crippen molar-refractivity contribution in [1.29, 1.82) is 0 Å². The number of rotatable bonds is 4. The molecule has 0 spiro atoms. The SMILES string of the molecule is COc1ccc(CN=C(N)Nc2ccc(C)c(C)c2)cc1Cl.I. The Hall–Kier alpha value is -1.47. The molecule has 0 saturated carbocycles. The highest BCUT2D eigenvalue weighted by Gasteiger charge is 2.02. The average Bonchev–Trinajstić information content (AvgIpc) is 2.49. The molecule has 0 aliphatic rings. The van der Waals surface area contributed by atoms with E-state index in [-0.39, 0.29) is 24.0 Å². The van der Waals surface area contributed by atoms with E-state index in [9.17, 15) is 0 Å². The van der Waals surface area contributed by atoms with Crippen LogP contribution in [-0.4, -0.2) is 13.1 Å². The van der Waals surface area contributed by atoms with Crippen molar-refractivity contribution in [3.63, 3.8) is 0 Å². The molecular formula is C17H21ClIN3O. The molecule has 0 radical (unpaired) electrons. The van der Waals surface area contributed by atoms with E-state index in [0.29, 0.717) is 23.3 Å². The lowest BCUT2D eigenvalue weighted by Crippen LogP contribution is -2.22. The number of halogens is 2. The zero-order valence-corrected chi connectivity index (χ0v) is 16.5. The molecule has 0 saturated heterocycles. The molecule has 0 unspecified atom stereocenters. The van der Waals surface area contributed by atoms with Crippen molar-refractivity contribution in [2.45, 2.75) is 20.4 Å². The largest absolute Gasteiger partial charge is 0.495 e. The van der Waals surface area contributed by atoms with Crippen molar-refractivity contribution in [3.8, 4) is 5.75 Å². The van der Waals surface area contributed by atoms with Crippen LogP contribution < -0.4 is 15.8 Å². The molecule has 4 nitrogen and oxygen atoms in total. The predicted molar refractivity (Wildman–Crippen MR) is 108 cm³/mol. The van der Waals surface area contributed by atoms with E-state index < -0.39 is 0 Å². The number of benzene rings is 2. The molecule has 23 heavy (non-hydrogen) atoms. The van der Waals surface area contributed by atoms with Crippen LogP contribution in [0.3, 0.4) is 0 Å². The molecule has 6 heteroatoms. The minimum Gasteiger partial charge on any atom is -0.495 e. The van der Waals surface area contributed by atoms with Crippen molar-refractivity contribution in [2.24, 2.45) is 10.7 Å². The normalized spacial score (nSPS) is 10.9. The second-order valence-electron chi connectivity index (χ2n) is 5.09. The van der Waals surface area contributed by atoms with E-state index in [1.54, 1.807) is 7.11 Å². The number of hydrogen-bond donors (Lipinski definition) is 2. The van der Waals surface area contributed by atoms with Gasteiger partial charge in [0.15, 0.2) is 5.96 Å². The van der Waals surface area contributed by atoms with Crippen LogP contribution in [0.25, 0.3) is 0 Å². The lowest BCUT2D eigenvalue weighted by atomic mass is 10.1. The standard InChI is InChI=1S/C17H20ClN3O.HI/c1-11-4-6-14(8-12(11)2)21-17(19)20-10-13-5-7-16(22-3)15(18)9-13;/h4-9H,10H2,1-3H3,(H3,19,20,21);1H. The van der Waals surface area contributed by atoms with Gasteiger partial charge in [0.05, 0.1) is 18.7 Å². The van der Waals surface area contributed by atoms with Crippen LogP contribution in [0.1, 0.15) is 16.7 Å². The summed E-state index contributed by atoms with van der Waals surface area (Å²) in [4.78, 5) is 4.32. The first-order valence-corrected chi connectivity index (χ1v) is 7.34. The molecule has 2 aromatic rings. The number of methoxy groups -OCH3 is 1. The smallest absolute Gasteiger partial charge is 0.193 e. The van der Waals surface area contributed by atoms with Gasteiger partial charge in [0.1, 0.15) is 5.75 Å². The monoisotopic (exact) mass is 445 g/mol.